The van der Waals surface area contributed by atoms with Crippen LogP contribution in [0.5, 0.6) is 5.75 Å². The lowest BCUT2D eigenvalue weighted by Gasteiger charge is -2.14. The van der Waals surface area contributed by atoms with Crippen LogP contribution >= 0.6 is 51.5 Å². The highest BCUT2D eigenvalue weighted by Crippen LogP contribution is 2.36. The minimum atomic E-state index is -0.406. The van der Waals surface area contributed by atoms with Crippen LogP contribution in [-0.2, 0) is 11.4 Å². The number of nitrogens with zero attached hydrogens (tertiary/aromatic N) is 1. The number of hydrogen-bond acceptors (Lipinski definition) is 4. The molecule has 0 radical (unpaired) electrons. The maximum Gasteiger partial charge on any atom is 0.270 e. The first-order valence-corrected chi connectivity index (χ1v) is 11.5. The third kappa shape index (κ3) is 5.01. The molecule has 0 atom stereocenters. The number of anilines is 1. The Morgan fingerprint density at radius 3 is 2.48 bits per heavy atom. The second-order valence-electron chi connectivity index (χ2n) is 6.55. The number of ether oxygens (including phenoxy) is 1. The van der Waals surface area contributed by atoms with Crippen LogP contribution in [0.15, 0.2) is 76.1 Å². The zero-order valence-corrected chi connectivity index (χ0v) is 19.8. The summed E-state index contributed by atoms with van der Waals surface area (Å²) in [5.41, 5.74) is 1.86. The number of hydrogen-bond donors (Lipinski definition) is 0. The highest BCUT2D eigenvalue weighted by atomic mass is 79.9. The van der Waals surface area contributed by atoms with Gasteiger partial charge < -0.3 is 4.74 Å². The highest BCUT2D eigenvalue weighted by Gasteiger charge is 2.33. The van der Waals surface area contributed by atoms with Gasteiger partial charge in [-0.2, -0.15) is 0 Å². The summed E-state index contributed by atoms with van der Waals surface area (Å²) in [6.45, 7) is 0.0245. The zero-order chi connectivity index (χ0) is 22.0. The molecule has 156 valence electrons. The second-order valence-corrected chi connectivity index (χ2v) is 9.55. The van der Waals surface area contributed by atoms with Gasteiger partial charge >= 0.3 is 0 Å². The van der Waals surface area contributed by atoms with Crippen LogP contribution in [0.2, 0.25) is 5.02 Å². The predicted octanol–water partition coefficient (Wildman–Crippen LogP) is 7.23. The maximum atomic E-state index is 13.9. The summed E-state index contributed by atoms with van der Waals surface area (Å²) in [5, 5.41) is 0.324. The Morgan fingerprint density at radius 2 is 1.81 bits per heavy atom. The van der Waals surface area contributed by atoms with Gasteiger partial charge in [0.25, 0.3) is 5.91 Å². The Labute approximate surface area is 202 Å². The molecule has 4 rings (SSSR count). The number of benzene rings is 3. The van der Waals surface area contributed by atoms with E-state index in [4.69, 9.17) is 28.6 Å². The van der Waals surface area contributed by atoms with Crippen LogP contribution in [0, 0.1) is 5.82 Å². The largest absolute Gasteiger partial charge is 0.489 e. The lowest BCUT2D eigenvalue weighted by molar-refractivity contribution is -0.113. The van der Waals surface area contributed by atoms with Gasteiger partial charge in [-0.3, -0.25) is 9.69 Å². The molecule has 0 N–H and O–H groups in total. The van der Waals surface area contributed by atoms with Gasteiger partial charge in [-0.05, 0) is 60.2 Å². The molecule has 1 aliphatic heterocycles. The molecule has 0 saturated carbocycles. The van der Waals surface area contributed by atoms with Crippen LogP contribution in [0.1, 0.15) is 11.1 Å². The van der Waals surface area contributed by atoms with E-state index in [9.17, 15) is 9.18 Å². The Kier molecular flexibility index (Phi) is 6.77. The van der Waals surface area contributed by atoms with Crippen LogP contribution in [-0.4, -0.2) is 10.2 Å². The smallest absolute Gasteiger partial charge is 0.270 e. The van der Waals surface area contributed by atoms with Crippen molar-refractivity contribution >= 4 is 73.5 Å². The third-order valence-electron chi connectivity index (χ3n) is 4.50. The number of carbonyl (C=O) groups is 1. The summed E-state index contributed by atoms with van der Waals surface area (Å²) in [4.78, 5) is 14.9. The molecule has 8 heteroatoms. The molecule has 3 nitrogen and oxygen atoms in total. The summed E-state index contributed by atoms with van der Waals surface area (Å²) in [6, 6.07) is 19.1. The topological polar surface area (TPSA) is 29.5 Å². The molecule has 0 aromatic heterocycles. The van der Waals surface area contributed by atoms with Crippen LogP contribution in [0.4, 0.5) is 10.1 Å². The van der Waals surface area contributed by atoms with E-state index in [0.717, 1.165) is 15.7 Å². The van der Waals surface area contributed by atoms with E-state index in [0.29, 0.717) is 25.6 Å². The molecule has 0 unspecified atom stereocenters. The van der Waals surface area contributed by atoms with E-state index in [1.807, 2.05) is 36.4 Å². The van der Waals surface area contributed by atoms with E-state index in [-0.39, 0.29) is 12.5 Å². The summed E-state index contributed by atoms with van der Waals surface area (Å²) >= 11 is 16.1. The van der Waals surface area contributed by atoms with Gasteiger partial charge in [0.05, 0.1) is 15.6 Å². The molecular formula is C23H14BrClFNO2S2. The van der Waals surface area contributed by atoms with Crippen molar-refractivity contribution in [2.45, 2.75) is 6.61 Å². The molecule has 1 aliphatic rings. The maximum absolute atomic E-state index is 13.9. The number of carbonyl (C=O) groups excluding carboxylic acids is 1. The van der Waals surface area contributed by atoms with E-state index < -0.39 is 5.82 Å². The van der Waals surface area contributed by atoms with Gasteiger partial charge in [0.2, 0.25) is 0 Å². The van der Waals surface area contributed by atoms with E-state index in [1.54, 1.807) is 30.3 Å². The standard InChI is InChI=1S/C23H14BrClFNO2S2/c24-15-6-8-16(9-7-15)27-22(28)21(31-23(27)30)12-14-4-10-17(11-5-14)29-13-18-19(25)2-1-3-20(18)26/h1-12H,13H2/b21-12-. The van der Waals surface area contributed by atoms with Crippen molar-refractivity contribution in [3.8, 4) is 5.75 Å². The normalized spacial score (nSPS) is 15.1. The van der Waals surface area contributed by atoms with Gasteiger partial charge in [-0.15, -0.1) is 0 Å². The van der Waals surface area contributed by atoms with Gasteiger partial charge in [0, 0.05) is 10.0 Å². The molecular weight excluding hydrogens is 521 g/mol. The highest BCUT2D eigenvalue weighted by molar-refractivity contribution is 9.10. The van der Waals surface area contributed by atoms with Gasteiger partial charge in [-0.1, -0.05) is 69.7 Å². The molecule has 1 fully saturated rings. The molecule has 1 heterocycles. The lowest BCUT2D eigenvalue weighted by Crippen LogP contribution is -2.27. The Hall–Kier alpha value is -2.19. The minimum absolute atomic E-state index is 0.0245. The average molecular weight is 535 g/mol. The van der Waals surface area contributed by atoms with Gasteiger partial charge in [0.1, 0.15) is 18.2 Å². The van der Waals surface area contributed by atoms with Crippen molar-refractivity contribution in [2.24, 2.45) is 0 Å². The summed E-state index contributed by atoms with van der Waals surface area (Å²) in [7, 11) is 0. The van der Waals surface area contributed by atoms with Crippen molar-refractivity contribution in [3.63, 3.8) is 0 Å². The van der Waals surface area contributed by atoms with Crippen molar-refractivity contribution in [1.29, 1.82) is 0 Å². The molecule has 1 saturated heterocycles. The molecule has 1 amide bonds. The monoisotopic (exact) mass is 533 g/mol. The molecule has 31 heavy (non-hydrogen) atoms. The van der Waals surface area contributed by atoms with Crippen molar-refractivity contribution in [2.75, 3.05) is 4.90 Å². The molecule has 0 spiro atoms. The van der Waals surface area contributed by atoms with Crippen LogP contribution < -0.4 is 9.64 Å². The summed E-state index contributed by atoms with van der Waals surface area (Å²) < 4.78 is 20.9. The molecule has 3 aromatic carbocycles. The fourth-order valence-corrected chi connectivity index (χ4v) is 4.70. The second kappa shape index (κ2) is 9.53. The van der Waals surface area contributed by atoms with Crippen molar-refractivity contribution in [3.05, 3.63) is 98.1 Å². The zero-order valence-electron chi connectivity index (χ0n) is 15.8. The first kappa shape index (κ1) is 22.0. The molecule has 3 aromatic rings. The average Bonchev–Trinajstić information content (AvgIpc) is 3.02. The lowest BCUT2D eigenvalue weighted by atomic mass is 10.2. The SMILES string of the molecule is O=C1/C(=C/c2ccc(OCc3c(F)cccc3Cl)cc2)SC(=S)N1c1ccc(Br)cc1. The third-order valence-corrected chi connectivity index (χ3v) is 6.69. The summed E-state index contributed by atoms with van der Waals surface area (Å²) in [6.07, 6.45) is 1.79. The molecule has 0 bridgehead atoms. The fourth-order valence-electron chi connectivity index (χ4n) is 2.92. The van der Waals surface area contributed by atoms with Crippen LogP contribution in [0.25, 0.3) is 6.08 Å². The number of amides is 1. The number of thioether (sulfide) groups is 1. The van der Waals surface area contributed by atoms with Gasteiger partial charge in [0.15, 0.2) is 4.32 Å². The number of rotatable bonds is 5. The fraction of sp³-hybridized carbons (Fsp3) is 0.0435. The van der Waals surface area contributed by atoms with E-state index >= 15 is 0 Å². The first-order chi connectivity index (χ1) is 14.9. The van der Waals surface area contributed by atoms with E-state index in [1.165, 1.54) is 22.7 Å². The van der Waals surface area contributed by atoms with Crippen LogP contribution in [0.3, 0.4) is 0 Å². The first-order valence-electron chi connectivity index (χ1n) is 9.11. The Bertz CT molecular complexity index is 1160. The van der Waals surface area contributed by atoms with Gasteiger partial charge in [-0.25, -0.2) is 4.39 Å². The minimum Gasteiger partial charge on any atom is -0.489 e. The molecule has 0 aliphatic carbocycles. The summed E-state index contributed by atoms with van der Waals surface area (Å²) in [5.74, 6) is 0.00245. The Morgan fingerprint density at radius 1 is 1.10 bits per heavy atom. The van der Waals surface area contributed by atoms with Crippen molar-refractivity contribution < 1.29 is 13.9 Å². The van der Waals surface area contributed by atoms with E-state index in [2.05, 4.69) is 15.9 Å². The number of thiocarbonyl (C=S) groups is 1. The Balaban J connectivity index is 1.46. The number of halogens is 3. The predicted molar refractivity (Wildman–Crippen MR) is 132 cm³/mol. The quantitative estimate of drug-likeness (QED) is 0.255. The van der Waals surface area contributed by atoms with Crippen molar-refractivity contribution in [1.82, 2.24) is 0 Å².